The second kappa shape index (κ2) is 8.48. The highest BCUT2D eigenvalue weighted by atomic mass is 16.5. The molecule has 6 rings (SSSR count). The summed E-state index contributed by atoms with van der Waals surface area (Å²) in [6, 6.07) is 20.3. The number of fused-ring (bicyclic) bond motifs is 2. The zero-order valence-electron chi connectivity index (χ0n) is 18.1. The summed E-state index contributed by atoms with van der Waals surface area (Å²) in [5, 5.41) is 14.8. The van der Waals surface area contributed by atoms with E-state index in [0.717, 1.165) is 52.1 Å². The average Bonchev–Trinajstić information content (AvgIpc) is 3.49. The molecule has 0 amide bonds. The molecule has 0 radical (unpaired) electrons. The second-order valence-electron chi connectivity index (χ2n) is 8.01. The molecule has 8 heteroatoms. The minimum atomic E-state index is 0.482. The van der Waals surface area contributed by atoms with Crippen molar-refractivity contribution in [1.82, 2.24) is 19.6 Å². The van der Waals surface area contributed by atoms with Crippen LogP contribution < -0.4 is 4.90 Å². The average molecular weight is 438 g/mol. The number of benzene rings is 2. The molecule has 1 fully saturated rings. The van der Waals surface area contributed by atoms with Crippen LogP contribution in [0.3, 0.4) is 0 Å². The van der Waals surface area contributed by atoms with Gasteiger partial charge in [0.25, 0.3) is 0 Å². The molecule has 1 aliphatic rings. The molecule has 0 spiro atoms. The van der Waals surface area contributed by atoms with E-state index in [0.29, 0.717) is 25.6 Å². The van der Waals surface area contributed by atoms with Crippen molar-refractivity contribution in [3.8, 4) is 11.3 Å². The Morgan fingerprint density at radius 2 is 1.82 bits per heavy atom. The number of morpholine rings is 1. The number of anilines is 1. The lowest BCUT2D eigenvalue weighted by atomic mass is 10.2. The van der Waals surface area contributed by atoms with Gasteiger partial charge in [0.2, 0.25) is 0 Å². The number of aromatic nitrogens is 4. The molecule has 0 unspecified atom stereocenters. The first-order valence-corrected chi connectivity index (χ1v) is 11.1. The van der Waals surface area contributed by atoms with E-state index in [4.69, 9.17) is 9.72 Å². The molecule has 8 nitrogen and oxygen atoms in total. The van der Waals surface area contributed by atoms with Gasteiger partial charge in [0.05, 0.1) is 37.3 Å². The number of nitrogens with one attached hydrogen (secondary N) is 1. The largest absolute Gasteiger partial charge is 0.378 e. The quantitative estimate of drug-likeness (QED) is 0.392. The number of ether oxygens (including phenoxy) is 1. The van der Waals surface area contributed by atoms with Crippen LogP contribution >= 0.6 is 0 Å². The summed E-state index contributed by atoms with van der Waals surface area (Å²) in [6.45, 7) is 3.48. The number of rotatable bonds is 5. The lowest BCUT2D eigenvalue weighted by Gasteiger charge is -2.28. The minimum Gasteiger partial charge on any atom is -0.378 e. The van der Waals surface area contributed by atoms with Gasteiger partial charge in [-0.05, 0) is 6.07 Å². The van der Waals surface area contributed by atoms with Gasteiger partial charge < -0.3 is 14.6 Å². The second-order valence-corrected chi connectivity index (χ2v) is 8.01. The summed E-state index contributed by atoms with van der Waals surface area (Å²) >= 11 is 0. The fraction of sp³-hybridized carbons (Fsp3) is 0.200. The zero-order valence-corrected chi connectivity index (χ0v) is 18.1. The molecule has 2 aromatic carbocycles. The number of imidazole rings is 1. The molecule has 1 saturated heterocycles. The van der Waals surface area contributed by atoms with Crippen molar-refractivity contribution >= 4 is 28.1 Å². The molecule has 1 N–H and O–H groups in total. The number of hydrogen-bond acceptors (Lipinski definition) is 6. The van der Waals surface area contributed by atoms with Gasteiger partial charge in [-0.1, -0.05) is 48.5 Å². The molecule has 4 heterocycles. The van der Waals surface area contributed by atoms with Gasteiger partial charge in [-0.15, -0.1) is 10.2 Å². The molecule has 1 aliphatic heterocycles. The number of nitrogens with zero attached hydrogens (tertiary/aromatic N) is 6. The fourth-order valence-electron chi connectivity index (χ4n) is 4.23. The van der Waals surface area contributed by atoms with Crippen LogP contribution in [-0.4, -0.2) is 45.9 Å². The molecule has 33 heavy (non-hydrogen) atoms. The van der Waals surface area contributed by atoms with E-state index in [9.17, 15) is 0 Å². The van der Waals surface area contributed by atoms with E-state index in [2.05, 4.69) is 49.5 Å². The SMILES string of the molecule is c1ccc(-c2cn3nc(N=NCc4c[nH]c5ccccc45)cc(N4CCOCC4)c3n2)cc1. The normalized spacial score (nSPS) is 14.6. The first-order valence-electron chi connectivity index (χ1n) is 11.1. The Labute approximate surface area is 190 Å². The molecule has 164 valence electrons. The van der Waals surface area contributed by atoms with Crippen molar-refractivity contribution in [3.05, 3.63) is 78.6 Å². The molecule has 5 aromatic rings. The third kappa shape index (κ3) is 3.85. The maximum atomic E-state index is 5.55. The van der Waals surface area contributed by atoms with Crippen molar-refractivity contribution in [3.63, 3.8) is 0 Å². The highest BCUT2D eigenvalue weighted by Gasteiger charge is 2.19. The lowest BCUT2D eigenvalue weighted by molar-refractivity contribution is 0.123. The Morgan fingerprint density at radius 3 is 2.70 bits per heavy atom. The van der Waals surface area contributed by atoms with Crippen molar-refractivity contribution in [2.75, 3.05) is 31.2 Å². The highest BCUT2D eigenvalue weighted by Crippen LogP contribution is 2.29. The molecular formula is C25H23N7O. The Bertz CT molecular complexity index is 1430. The van der Waals surface area contributed by atoms with Crippen LogP contribution in [0.1, 0.15) is 5.56 Å². The predicted octanol–water partition coefficient (Wildman–Crippen LogP) is 5.00. The minimum absolute atomic E-state index is 0.482. The smallest absolute Gasteiger partial charge is 0.196 e. The van der Waals surface area contributed by atoms with E-state index < -0.39 is 0 Å². The van der Waals surface area contributed by atoms with E-state index in [1.807, 2.05) is 53.3 Å². The van der Waals surface area contributed by atoms with Crippen LogP contribution in [0.2, 0.25) is 0 Å². The standard InChI is InChI=1S/C25H23N7O/c1-2-6-18(7-3-1)22-17-32-25(28-22)23(31-10-12-33-13-11-31)14-24(30-32)29-27-16-19-15-26-21-9-5-4-8-20(19)21/h1-9,14-15,17,26H,10-13,16H2. The van der Waals surface area contributed by atoms with Gasteiger partial charge in [0, 0.05) is 47.4 Å². The molecule has 0 aliphatic carbocycles. The topological polar surface area (TPSA) is 83.2 Å². The lowest BCUT2D eigenvalue weighted by Crippen LogP contribution is -2.36. The Kier molecular flexibility index (Phi) is 5.04. The Hall–Kier alpha value is -4.04. The monoisotopic (exact) mass is 437 g/mol. The van der Waals surface area contributed by atoms with Gasteiger partial charge in [-0.3, -0.25) is 0 Å². The summed E-state index contributed by atoms with van der Waals surface area (Å²) in [6.07, 6.45) is 3.94. The van der Waals surface area contributed by atoms with E-state index in [-0.39, 0.29) is 0 Å². The maximum absolute atomic E-state index is 5.55. The van der Waals surface area contributed by atoms with E-state index >= 15 is 0 Å². The van der Waals surface area contributed by atoms with Gasteiger partial charge in [0.15, 0.2) is 11.5 Å². The van der Waals surface area contributed by atoms with Gasteiger partial charge in [-0.2, -0.15) is 5.11 Å². The number of H-pyrrole nitrogens is 1. The maximum Gasteiger partial charge on any atom is 0.196 e. The predicted molar refractivity (Wildman–Crippen MR) is 128 cm³/mol. The first-order chi connectivity index (χ1) is 16.3. The summed E-state index contributed by atoms with van der Waals surface area (Å²) < 4.78 is 7.36. The van der Waals surface area contributed by atoms with E-state index in [1.165, 1.54) is 0 Å². The molecule has 0 saturated carbocycles. The summed E-state index contributed by atoms with van der Waals surface area (Å²) in [5.74, 6) is 0.556. The Morgan fingerprint density at radius 1 is 1.00 bits per heavy atom. The Balaban J connectivity index is 1.36. The van der Waals surface area contributed by atoms with Crippen LogP contribution in [-0.2, 0) is 11.3 Å². The molecule has 0 atom stereocenters. The van der Waals surface area contributed by atoms with Crippen molar-refractivity contribution in [2.24, 2.45) is 10.2 Å². The summed E-state index contributed by atoms with van der Waals surface area (Å²) in [4.78, 5) is 10.5. The first kappa shape index (κ1) is 19.6. The van der Waals surface area contributed by atoms with Gasteiger partial charge in [0.1, 0.15) is 0 Å². The van der Waals surface area contributed by atoms with Crippen LogP contribution in [0.4, 0.5) is 11.5 Å². The number of aromatic amines is 1. The highest BCUT2D eigenvalue weighted by molar-refractivity contribution is 5.83. The van der Waals surface area contributed by atoms with Crippen LogP contribution in [0.5, 0.6) is 0 Å². The summed E-state index contributed by atoms with van der Waals surface area (Å²) in [7, 11) is 0. The number of azo groups is 1. The third-order valence-corrected chi connectivity index (χ3v) is 5.90. The van der Waals surface area contributed by atoms with Crippen LogP contribution in [0.15, 0.2) is 83.3 Å². The van der Waals surface area contributed by atoms with Crippen molar-refractivity contribution in [2.45, 2.75) is 6.54 Å². The van der Waals surface area contributed by atoms with Gasteiger partial charge in [-0.25, -0.2) is 9.50 Å². The fourth-order valence-corrected chi connectivity index (χ4v) is 4.23. The van der Waals surface area contributed by atoms with Crippen molar-refractivity contribution in [1.29, 1.82) is 0 Å². The zero-order chi connectivity index (χ0) is 22.0. The number of hydrogen-bond donors (Lipinski definition) is 1. The van der Waals surface area contributed by atoms with Gasteiger partial charge >= 0.3 is 0 Å². The third-order valence-electron chi connectivity index (χ3n) is 5.90. The van der Waals surface area contributed by atoms with Crippen LogP contribution in [0.25, 0.3) is 27.8 Å². The summed E-state index contributed by atoms with van der Waals surface area (Å²) in [5.41, 5.74) is 5.95. The molecule has 0 bridgehead atoms. The van der Waals surface area contributed by atoms with Crippen LogP contribution in [0, 0.1) is 0 Å². The van der Waals surface area contributed by atoms with E-state index in [1.54, 1.807) is 0 Å². The van der Waals surface area contributed by atoms with Crippen molar-refractivity contribution < 1.29 is 4.74 Å². The molecule has 3 aromatic heterocycles. The number of para-hydroxylation sites is 1. The molecular weight excluding hydrogens is 414 g/mol.